The van der Waals surface area contributed by atoms with E-state index in [0.717, 1.165) is 31.0 Å². The highest BCUT2D eigenvalue weighted by Gasteiger charge is 2.32. The Hall–Kier alpha value is -2.83. The number of methoxy groups -OCH3 is 1. The van der Waals surface area contributed by atoms with Crippen LogP contribution in [0.5, 0.6) is 5.75 Å². The number of carbonyl (C=O) groups is 1. The maximum absolute atomic E-state index is 13.2. The van der Waals surface area contributed by atoms with Gasteiger partial charge in [-0.15, -0.1) is 0 Å². The normalized spacial score (nSPS) is 15.9. The molecule has 3 rings (SSSR count). The molecule has 210 valence electrons. The fourth-order valence-electron chi connectivity index (χ4n) is 4.24. The second-order valence-corrected chi connectivity index (χ2v) is 10.4. The van der Waals surface area contributed by atoms with Crippen LogP contribution in [0.4, 0.5) is 18.9 Å². The third-order valence-corrected chi connectivity index (χ3v) is 7.49. The lowest BCUT2D eigenvalue weighted by Gasteiger charge is -2.27. The van der Waals surface area contributed by atoms with Crippen LogP contribution in [0.2, 0.25) is 0 Å². The molecule has 0 radical (unpaired) electrons. The summed E-state index contributed by atoms with van der Waals surface area (Å²) in [4.78, 5) is 15.7. The highest BCUT2D eigenvalue weighted by molar-refractivity contribution is 7.87. The average molecular weight is 559 g/mol. The minimum absolute atomic E-state index is 0.00593. The van der Waals surface area contributed by atoms with E-state index in [2.05, 4.69) is 0 Å². The fourth-order valence-corrected chi connectivity index (χ4v) is 5.24. The molecule has 0 aliphatic carbocycles. The zero-order valence-corrected chi connectivity index (χ0v) is 22.5. The predicted octanol–water partition coefficient (Wildman–Crippen LogP) is 4.47. The molecule has 12 heteroatoms. The number of amides is 1. The molecule has 0 N–H and O–H groups in total. The van der Waals surface area contributed by atoms with Crippen molar-refractivity contribution in [3.05, 3.63) is 53.6 Å². The van der Waals surface area contributed by atoms with Gasteiger partial charge in [-0.2, -0.15) is 21.6 Å². The third kappa shape index (κ3) is 7.61. The molecular formula is C26H33F3N2O6S. The van der Waals surface area contributed by atoms with Gasteiger partial charge in [-0.3, -0.25) is 4.79 Å². The number of benzene rings is 2. The summed E-state index contributed by atoms with van der Waals surface area (Å²) in [7, 11) is -3.23. The molecule has 2 aromatic rings. The van der Waals surface area contributed by atoms with Crippen molar-refractivity contribution in [2.45, 2.75) is 50.4 Å². The largest absolute Gasteiger partial charge is 0.416 e. The molecule has 1 amide bonds. The van der Waals surface area contributed by atoms with Crippen molar-refractivity contribution >= 4 is 21.7 Å². The van der Waals surface area contributed by atoms with Gasteiger partial charge in [-0.25, -0.2) is 0 Å². The summed E-state index contributed by atoms with van der Waals surface area (Å²) in [6, 6.07) is 8.36. The molecule has 1 fully saturated rings. The van der Waals surface area contributed by atoms with Gasteiger partial charge >= 0.3 is 16.3 Å². The molecule has 0 saturated carbocycles. The Morgan fingerprint density at radius 3 is 2.47 bits per heavy atom. The van der Waals surface area contributed by atoms with Crippen molar-refractivity contribution in [3.8, 4) is 5.75 Å². The number of anilines is 1. The van der Waals surface area contributed by atoms with Crippen LogP contribution in [-0.4, -0.2) is 65.3 Å². The summed E-state index contributed by atoms with van der Waals surface area (Å²) >= 11 is 0. The predicted molar refractivity (Wildman–Crippen MR) is 136 cm³/mol. The minimum Gasteiger partial charge on any atom is -0.379 e. The summed E-state index contributed by atoms with van der Waals surface area (Å²) in [5.41, 5.74) is -0.0621. The Bertz CT molecular complexity index is 1200. The van der Waals surface area contributed by atoms with Crippen molar-refractivity contribution in [1.82, 2.24) is 4.90 Å². The van der Waals surface area contributed by atoms with E-state index in [1.165, 1.54) is 18.1 Å². The van der Waals surface area contributed by atoms with Gasteiger partial charge < -0.3 is 23.5 Å². The molecule has 1 saturated heterocycles. The quantitative estimate of drug-likeness (QED) is 0.355. The first kappa shape index (κ1) is 29.7. The second kappa shape index (κ2) is 12.8. The van der Waals surface area contributed by atoms with Crippen molar-refractivity contribution in [2.75, 3.05) is 44.9 Å². The van der Waals surface area contributed by atoms with Crippen molar-refractivity contribution in [3.63, 3.8) is 0 Å². The Labute approximate surface area is 221 Å². The smallest absolute Gasteiger partial charge is 0.379 e. The van der Waals surface area contributed by atoms with Crippen molar-refractivity contribution in [1.29, 1.82) is 0 Å². The highest BCUT2D eigenvalue weighted by atomic mass is 32.2. The van der Waals surface area contributed by atoms with Crippen LogP contribution in [-0.2, 0) is 37.1 Å². The fraction of sp³-hybridized carbons (Fsp3) is 0.500. The van der Waals surface area contributed by atoms with Gasteiger partial charge in [0.15, 0.2) is 0 Å². The number of rotatable bonds is 12. The van der Waals surface area contributed by atoms with Crippen LogP contribution in [0.25, 0.3) is 0 Å². The number of hydrogen-bond acceptors (Lipinski definition) is 7. The number of halogens is 3. The lowest BCUT2D eigenvalue weighted by atomic mass is 10.1. The monoisotopic (exact) mass is 558 g/mol. The first-order chi connectivity index (χ1) is 18.0. The van der Waals surface area contributed by atoms with Gasteiger partial charge in [-0.05, 0) is 51.0 Å². The van der Waals surface area contributed by atoms with E-state index in [4.69, 9.17) is 13.7 Å². The van der Waals surface area contributed by atoms with Crippen molar-refractivity contribution < 1.29 is 40.0 Å². The molecule has 1 aliphatic rings. The second-order valence-electron chi connectivity index (χ2n) is 8.87. The van der Waals surface area contributed by atoms with E-state index < -0.39 is 26.8 Å². The van der Waals surface area contributed by atoms with Gasteiger partial charge in [0.05, 0.1) is 11.7 Å². The summed E-state index contributed by atoms with van der Waals surface area (Å²) < 4.78 is 82.1. The highest BCUT2D eigenvalue weighted by Crippen LogP contribution is 2.33. The first-order valence-corrected chi connectivity index (χ1v) is 13.8. The number of ether oxygens (including phenoxy) is 2. The van der Waals surface area contributed by atoms with Crippen LogP contribution < -0.4 is 9.08 Å². The molecule has 1 atom stereocenters. The molecule has 1 aliphatic heterocycles. The van der Waals surface area contributed by atoms with Crippen LogP contribution in [0, 0.1) is 0 Å². The molecule has 0 spiro atoms. The van der Waals surface area contributed by atoms with Crippen LogP contribution >= 0.6 is 0 Å². The van der Waals surface area contributed by atoms with E-state index >= 15 is 0 Å². The van der Waals surface area contributed by atoms with Gasteiger partial charge in [0.2, 0.25) is 5.91 Å². The molecule has 8 nitrogen and oxygen atoms in total. The topological polar surface area (TPSA) is 85.4 Å². The number of alkyl halides is 3. The Balaban J connectivity index is 2.00. The Morgan fingerprint density at radius 2 is 1.87 bits per heavy atom. The molecule has 0 aromatic heterocycles. The summed E-state index contributed by atoms with van der Waals surface area (Å²) in [5, 5.41) is 0. The standard InChI is InChI=1S/C26H33F3N2O6S/c1-4-30(5-2)21-12-11-19(16-31(25(32)18-35-3)17-22-9-7-13-36-22)24(15-21)37-38(33,34)23-10-6-8-20(14-23)26(27,28)29/h6,8,10-12,14-15,22H,4-5,7,9,13,16-18H2,1-3H3/t22-/m1/s1. The van der Waals surface area contributed by atoms with Gasteiger partial charge in [-0.1, -0.05) is 12.1 Å². The number of nitrogens with zero attached hydrogens (tertiary/aromatic N) is 2. The lowest BCUT2D eigenvalue weighted by Crippen LogP contribution is -2.39. The molecule has 38 heavy (non-hydrogen) atoms. The van der Waals surface area contributed by atoms with E-state index in [0.29, 0.717) is 37.0 Å². The number of carbonyl (C=O) groups excluding carboxylic acids is 1. The van der Waals surface area contributed by atoms with Crippen molar-refractivity contribution in [2.24, 2.45) is 0 Å². The van der Waals surface area contributed by atoms with E-state index in [-0.39, 0.29) is 37.5 Å². The maximum atomic E-state index is 13.2. The zero-order valence-electron chi connectivity index (χ0n) is 21.7. The molecular weight excluding hydrogens is 525 g/mol. The van der Waals surface area contributed by atoms with E-state index in [1.807, 2.05) is 18.7 Å². The molecule has 0 bridgehead atoms. The average Bonchev–Trinajstić information content (AvgIpc) is 3.38. The zero-order chi connectivity index (χ0) is 27.9. The molecule has 0 unspecified atom stereocenters. The van der Waals surface area contributed by atoms with Gasteiger partial charge in [0, 0.05) is 57.2 Å². The SMILES string of the molecule is CCN(CC)c1ccc(CN(C[C@H]2CCCO2)C(=O)COC)c(OS(=O)(=O)c2cccc(C(F)(F)F)c2)c1. The van der Waals surface area contributed by atoms with Crippen LogP contribution in [0.15, 0.2) is 47.4 Å². The summed E-state index contributed by atoms with van der Waals surface area (Å²) in [6.45, 7) is 5.82. The number of hydrogen-bond donors (Lipinski definition) is 0. The lowest BCUT2D eigenvalue weighted by molar-refractivity contribution is -0.138. The Morgan fingerprint density at radius 1 is 1.13 bits per heavy atom. The first-order valence-electron chi connectivity index (χ1n) is 12.4. The van der Waals surface area contributed by atoms with Gasteiger partial charge in [0.25, 0.3) is 0 Å². The van der Waals surface area contributed by atoms with Gasteiger partial charge in [0.1, 0.15) is 17.3 Å². The van der Waals surface area contributed by atoms with Crippen LogP contribution in [0.1, 0.15) is 37.8 Å². The maximum Gasteiger partial charge on any atom is 0.416 e. The summed E-state index contributed by atoms with van der Waals surface area (Å²) in [5.74, 6) is -0.392. The van der Waals surface area contributed by atoms with E-state index in [9.17, 15) is 26.4 Å². The minimum atomic E-state index is -4.72. The molecule has 2 aromatic carbocycles. The van der Waals surface area contributed by atoms with E-state index in [1.54, 1.807) is 12.1 Å². The molecule has 1 heterocycles. The Kier molecular flexibility index (Phi) is 10.0. The summed E-state index contributed by atoms with van der Waals surface area (Å²) in [6.07, 6.45) is -3.22. The van der Waals surface area contributed by atoms with Crippen LogP contribution in [0.3, 0.4) is 0 Å². The third-order valence-electron chi connectivity index (χ3n) is 6.26.